The molecule has 0 radical (unpaired) electrons. The van der Waals surface area contributed by atoms with Gasteiger partial charge in [-0.2, -0.15) is 0 Å². The van der Waals surface area contributed by atoms with E-state index in [-0.39, 0.29) is 6.54 Å². The molecule has 0 spiro atoms. The predicted octanol–water partition coefficient (Wildman–Crippen LogP) is 0.690. The fourth-order valence-corrected chi connectivity index (χ4v) is 0.801. The topological polar surface area (TPSA) is 71.8 Å². The highest BCUT2D eigenvalue weighted by molar-refractivity contribution is 5.77. The molecule has 3 N–H and O–H groups in total. The van der Waals surface area contributed by atoms with Crippen molar-refractivity contribution in [2.24, 2.45) is 10.7 Å². The average molecular weight is 168 g/mol. The molecule has 66 valence electrons. The highest BCUT2D eigenvalue weighted by Crippen LogP contribution is 2.12. The molecule has 1 atom stereocenters. The molecule has 1 unspecified atom stereocenters. The minimum atomic E-state index is -0.696. The fourth-order valence-electron chi connectivity index (χ4n) is 0.801. The molecule has 0 saturated carbocycles. The van der Waals surface area contributed by atoms with Crippen LogP contribution in [0.2, 0.25) is 0 Å². The zero-order valence-corrected chi connectivity index (χ0v) is 6.90. The monoisotopic (exact) mass is 168 g/mol. The first-order chi connectivity index (χ1) is 5.70. The number of aliphatic imine (C=N–C) groups is 1. The maximum Gasteiger partial charge on any atom is 0.134 e. The summed E-state index contributed by atoms with van der Waals surface area (Å²) < 4.78 is 4.97. The van der Waals surface area contributed by atoms with Crippen LogP contribution in [-0.4, -0.2) is 17.5 Å². The quantitative estimate of drug-likeness (QED) is 0.515. The van der Waals surface area contributed by atoms with Gasteiger partial charge in [-0.3, -0.25) is 4.99 Å². The maximum absolute atomic E-state index is 9.40. The van der Waals surface area contributed by atoms with Gasteiger partial charge in [-0.05, 0) is 19.1 Å². The van der Waals surface area contributed by atoms with Crippen molar-refractivity contribution in [2.75, 3.05) is 6.54 Å². The Morgan fingerprint density at radius 1 is 1.83 bits per heavy atom. The normalized spacial score (nSPS) is 14.7. The van der Waals surface area contributed by atoms with Crippen LogP contribution in [-0.2, 0) is 0 Å². The second-order valence-electron chi connectivity index (χ2n) is 2.51. The molecule has 0 aliphatic rings. The van der Waals surface area contributed by atoms with Crippen LogP contribution in [0.15, 0.2) is 27.8 Å². The molecular formula is C8H12N2O2. The lowest BCUT2D eigenvalue weighted by Crippen LogP contribution is -2.09. The van der Waals surface area contributed by atoms with Crippen molar-refractivity contribution >= 4 is 5.84 Å². The van der Waals surface area contributed by atoms with Gasteiger partial charge in [0.25, 0.3) is 0 Å². The van der Waals surface area contributed by atoms with E-state index in [1.807, 2.05) is 0 Å². The van der Waals surface area contributed by atoms with Crippen molar-refractivity contribution in [1.82, 2.24) is 0 Å². The lowest BCUT2D eigenvalue weighted by Gasteiger charge is -2.02. The van der Waals surface area contributed by atoms with Gasteiger partial charge in [0.05, 0.1) is 18.6 Å². The summed E-state index contributed by atoms with van der Waals surface area (Å²) in [5, 5.41) is 9.40. The number of amidine groups is 1. The standard InChI is InChI=1S/C8H12N2O2/c1-6(9)10-5-7(11)8-3-2-4-12-8/h2-4,7,11H,5H2,1H3,(H2,9,10). The first kappa shape index (κ1) is 8.80. The van der Waals surface area contributed by atoms with E-state index < -0.39 is 6.10 Å². The van der Waals surface area contributed by atoms with Crippen LogP contribution >= 0.6 is 0 Å². The summed E-state index contributed by atoms with van der Waals surface area (Å²) in [5.41, 5.74) is 5.30. The summed E-state index contributed by atoms with van der Waals surface area (Å²) >= 11 is 0. The van der Waals surface area contributed by atoms with Gasteiger partial charge in [0.1, 0.15) is 11.9 Å². The third-order valence-corrected chi connectivity index (χ3v) is 1.39. The van der Waals surface area contributed by atoms with Crippen molar-refractivity contribution in [2.45, 2.75) is 13.0 Å². The lowest BCUT2D eigenvalue weighted by molar-refractivity contribution is 0.158. The molecule has 0 fully saturated rings. The van der Waals surface area contributed by atoms with E-state index in [0.717, 1.165) is 0 Å². The molecule has 0 saturated heterocycles. The molecule has 0 bridgehead atoms. The number of rotatable bonds is 3. The van der Waals surface area contributed by atoms with Crippen molar-refractivity contribution in [3.8, 4) is 0 Å². The van der Waals surface area contributed by atoms with Crippen LogP contribution in [0, 0.1) is 0 Å². The van der Waals surface area contributed by atoms with E-state index in [9.17, 15) is 5.11 Å². The zero-order valence-electron chi connectivity index (χ0n) is 6.90. The zero-order chi connectivity index (χ0) is 8.97. The van der Waals surface area contributed by atoms with Gasteiger partial charge in [0, 0.05) is 0 Å². The minimum Gasteiger partial charge on any atom is -0.467 e. The number of hydrogen-bond acceptors (Lipinski definition) is 3. The molecular weight excluding hydrogens is 156 g/mol. The molecule has 0 aliphatic carbocycles. The maximum atomic E-state index is 9.40. The summed E-state index contributed by atoms with van der Waals surface area (Å²) in [6.45, 7) is 1.92. The number of aliphatic hydroxyl groups is 1. The van der Waals surface area contributed by atoms with Crippen molar-refractivity contribution in [3.63, 3.8) is 0 Å². The molecule has 1 rings (SSSR count). The summed E-state index contributed by atoms with van der Waals surface area (Å²) in [7, 11) is 0. The van der Waals surface area contributed by atoms with Crippen LogP contribution in [0.4, 0.5) is 0 Å². The highest BCUT2D eigenvalue weighted by Gasteiger charge is 2.08. The van der Waals surface area contributed by atoms with Crippen LogP contribution in [0.25, 0.3) is 0 Å². The molecule has 4 nitrogen and oxygen atoms in total. The number of nitrogens with two attached hydrogens (primary N) is 1. The Balaban J connectivity index is 2.50. The van der Waals surface area contributed by atoms with E-state index in [0.29, 0.717) is 11.6 Å². The molecule has 0 aromatic carbocycles. The van der Waals surface area contributed by atoms with E-state index >= 15 is 0 Å². The Morgan fingerprint density at radius 3 is 3.08 bits per heavy atom. The molecule has 12 heavy (non-hydrogen) atoms. The lowest BCUT2D eigenvalue weighted by atomic mass is 10.3. The Kier molecular flexibility index (Phi) is 2.88. The second kappa shape index (κ2) is 3.92. The molecule has 0 aliphatic heterocycles. The van der Waals surface area contributed by atoms with E-state index in [4.69, 9.17) is 10.2 Å². The number of nitrogens with zero attached hydrogens (tertiary/aromatic N) is 1. The molecule has 0 amide bonds. The minimum absolute atomic E-state index is 0.246. The van der Waals surface area contributed by atoms with E-state index in [1.54, 1.807) is 19.1 Å². The average Bonchev–Trinajstić information content (AvgIpc) is 2.51. The third kappa shape index (κ3) is 2.39. The van der Waals surface area contributed by atoms with Crippen LogP contribution in [0.5, 0.6) is 0 Å². The van der Waals surface area contributed by atoms with Gasteiger partial charge in [-0.15, -0.1) is 0 Å². The van der Waals surface area contributed by atoms with Gasteiger partial charge < -0.3 is 15.3 Å². The Bertz CT molecular complexity index is 250. The van der Waals surface area contributed by atoms with Crippen LogP contribution < -0.4 is 5.73 Å². The predicted molar refractivity (Wildman–Crippen MR) is 45.8 cm³/mol. The van der Waals surface area contributed by atoms with Gasteiger partial charge in [0.2, 0.25) is 0 Å². The first-order valence-electron chi connectivity index (χ1n) is 3.68. The molecule has 1 aromatic heterocycles. The molecule has 4 heteroatoms. The Hall–Kier alpha value is -1.29. The summed E-state index contributed by atoms with van der Waals surface area (Å²) in [5.74, 6) is 0.973. The van der Waals surface area contributed by atoms with E-state index in [2.05, 4.69) is 4.99 Å². The summed E-state index contributed by atoms with van der Waals surface area (Å²) in [6, 6.07) is 3.42. The van der Waals surface area contributed by atoms with Gasteiger partial charge in [-0.1, -0.05) is 0 Å². The smallest absolute Gasteiger partial charge is 0.134 e. The van der Waals surface area contributed by atoms with Crippen molar-refractivity contribution < 1.29 is 9.52 Å². The van der Waals surface area contributed by atoms with Crippen molar-refractivity contribution in [3.05, 3.63) is 24.2 Å². The number of furan rings is 1. The largest absolute Gasteiger partial charge is 0.467 e. The fraction of sp³-hybridized carbons (Fsp3) is 0.375. The summed E-state index contributed by atoms with van der Waals surface area (Å²) in [4.78, 5) is 3.86. The molecule has 1 heterocycles. The first-order valence-corrected chi connectivity index (χ1v) is 3.68. The highest BCUT2D eigenvalue weighted by atomic mass is 16.4. The van der Waals surface area contributed by atoms with Crippen LogP contribution in [0.3, 0.4) is 0 Å². The number of hydrogen-bond donors (Lipinski definition) is 2. The molecule has 1 aromatic rings. The van der Waals surface area contributed by atoms with Gasteiger partial charge in [0.15, 0.2) is 0 Å². The van der Waals surface area contributed by atoms with E-state index in [1.165, 1.54) is 6.26 Å². The SMILES string of the molecule is CC(N)=NCC(O)c1ccco1. The number of aliphatic hydroxyl groups excluding tert-OH is 1. The third-order valence-electron chi connectivity index (χ3n) is 1.39. The van der Waals surface area contributed by atoms with Crippen molar-refractivity contribution in [1.29, 1.82) is 0 Å². The van der Waals surface area contributed by atoms with Gasteiger partial charge in [-0.25, -0.2) is 0 Å². The summed E-state index contributed by atoms with van der Waals surface area (Å²) in [6.07, 6.45) is 0.816. The Labute approximate surface area is 70.7 Å². The second-order valence-corrected chi connectivity index (χ2v) is 2.51. The Morgan fingerprint density at radius 2 is 2.58 bits per heavy atom. The van der Waals surface area contributed by atoms with Crippen LogP contribution in [0.1, 0.15) is 18.8 Å². The van der Waals surface area contributed by atoms with Gasteiger partial charge >= 0.3 is 0 Å².